The highest BCUT2D eigenvalue weighted by atomic mass is 32.2. The normalized spacial score (nSPS) is 20.1. The van der Waals surface area contributed by atoms with Crippen molar-refractivity contribution in [1.82, 2.24) is 0 Å². The molecule has 63 heavy (non-hydrogen) atoms. The summed E-state index contributed by atoms with van der Waals surface area (Å²) in [7, 11) is -4.60. The first-order chi connectivity index (χ1) is 30.5. The van der Waals surface area contributed by atoms with Gasteiger partial charge in [-0.1, -0.05) is 184 Å². The van der Waals surface area contributed by atoms with E-state index < -0.39 is 71.2 Å². The van der Waals surface area contributed by atoms with Gasteiger partial charge >= 0.3 is 11.9 Å². The maximum absolute atomic E-state index is 12.9. The Hall–Kier alpha value is -2.39. The Morgan fingerprint density at radius 3 is 1.49 bits per heavy atom. The number of aliphatic hydroxyl groups is 3. The summed E-state index contributed by atoms with van der Waals surface area (Å²) in [5.74, 6) is -1.98. The molecule has 12 nitrogen and oxygen atoms in total. The fourth-order valence-corrected chi connectivity index (χ4v) is 8.07. The Morgan fingerprint density at radius 2 is 1.00 bits per heavy atom. The van der Waals surface area contributed by atoms with Crippen molar-refractivity contribution in [2.45, 2.75) is 237 Å². The van der Waals surface area contributed by atoms with Crippen LogP contribution in [-0.4, -0.2) is 96.0 Å². The maximum atomic E-state index is 12.9. The third kappa shape index (κ3) is 34.6. The van der Waals surface area contributed by atoms with Gasteiger partial charge < -0.3 is 34.3 Å². The van der Waals surface area contributed by atoms with Crippen LogP contribution in [0.5, 0.6) is 0 Å². The van der Waals surface area contributed by atoms with Crippen LogP contribution >= 0.6 is 0 Å². The van der Waals surface area contributed by atoms with Gasteiger partial charge in [0.1, 0.15) is 36.8 Å². The highest BCUT2D eigenvalue weighted by Crippen LogP contribution is 2.24. The van der Waals surface area contributed by atoms with Crippen molar-refractivity contribution in [3.63, 3.8) is 0 Å². The van der Waals surface area contributed by atoms with E-state index >= 15 is 0 Å². The number of carbonyl (C=O) groups excluding carboxylic acids is 2. The first kappa shape index (κ1) is 58.6. The van der Waals surface area contributed by atoms with E-state index in [0.717, 1.165) is 77.0 Å². The van der Waals surface area contributed by atoms with Crippen molar-refractivity contribution in [3.8, 4) is 0 Å². The van der Waals surface area contributed by atoms with E-state index in [0.29, 0.717) is 12.8 Å². The lowest BCUT2D eigenvalue weighted by molar-refractivity contribution is -0.297. The van der Waals surface area contributed by atoms with Gasteiger partial charge in [-0.05, 0) is 51.4 Å². The van der Waals surface area contributed by atoms with E-state index in [1.807, 2.05) is 0 Å². The molecular formula is C50H88O12S. The Kier molecular flexibility index (Phi) is 37.2. The number of allylic oxidation sites excluding steroid dienone is 8. The third-order valence-corrected chi connectivity index (χ3v) is 11.9. The summed E-state index contributed by atoms with van der Waals surface area (Å²) in [6.07, 6.45) is 38.7. The van der Waals surface area contributed by atoms with Crippen molar-refractivity contribution in [1.29, 1.82) is 0 Å². The minimum Gasteiger partial charge on any atom is -0.462 e. The topological polar surface area (TPSA) is 186 Å². The predicted molar refractivity (Wildman–Crippen MR) is 252 cm³/mol. The van der Waals surface area contributed by atoms with Gasteiger partial charge in [0, 0.05) is 12.8 Å². The molecule has 1 aliphatic heterocycles. The number of carbonyl (C=O) groups is 2. The summed E-state index contributed by atoms with van der Waals surface area (Å²) in [5, 5.41) is 30.9. The number of esters is 2. The van der Waals surface area contributed by atoms with E-state index in [9.17, 15) is 37.9 Å². The molecule has 1 rings (SSSR count). The molecule has 0 aliphatic carbocycles. The van der Waals surface area contributed by atoms with Crippen molar-refractivity contribution >= 4 is 22.1 Å². The molecule has 0 aromatic heterocycles. The molecular weight excluding hydrogens is 825 g/mol. The molecule has 0 spiro atoms. The Bertz CT molecular complexity index is 1350. The largest absolute Gasteiger partial charge is 0.462 e. The lowest BCUT2D eigenvalue weighted by Crippen LogP contribution is -2.60. The highest BCUT2D eigenvalue weighted by Gasteiger charge is 2.46. The van der Waals surface area contributed by atoms with Crippen LogP contribution < -0.4 is 0 Å². The first-order valence-electron chi connectivity index (χ1n) is 24.7. The number of unbranched alkanes of at least 4 members (excludes halogenated alkanes) is 21. The SMILES string of the molecule is CC/C=C\C/C=C\C/C=C\C/C=C\CCCCCCCCCCCCC(=O)OC(COC(=O)CCCCCCCCCCCCCC)COC1OC(CS(=O)(=O)O)C(O)C(O)C1O. The zero-order valence-corrected chi connectivity index (χ0v) is 40.0. The zero-order valence-electron chi connectivity index (χ0n) is 39.2. The van der Waals surface area contributed by atoms with Crippen LogP contribution in [-0.2, 0) is 38.7 Å². The molecule has 0 aromatic rings. The summed E-state index contributed by atoms with van der Waals surface area (Å²) in [5.41, 5.74) is 0. The second-order valence-corrected chi connectivity index (χ2v) is 18.6. The average Bonchev–Trinajstić information content (AvgIpc) is 3.25. The van der Waals surface area contributed by atoms with Gasteiger partial charge in [-0.3, -0.25) is 14.1 Å². The zero-order chi connectivity index (χ0) is 46.2. The minimum atomic E-state index is -4.60. The molecule has 0 radical (unpaired) electrons. The van der Waals surface area contributed by atoms with Gasteiger partial charge in [-0.15, -0.1) is 0 Å². The molecule has 0 amide bonds. The van der Waals surface area contributed by atoms with Crippen LogP contribution in [0, 0.1) is 0 Å². The molecule has 4 N–H and O–H groups in total. The highest BCUT2D eigenvalue weighted by molar-refractivity contribution is 7.85. The van der Waals surface area contributed by atoms with Gasteiger partial charge in [0.2, 0.25) is 0 Å². The second kappa shape index (κ2) is 39.9. The molecule has 0 bridgehead atoms. The van der Waals surface area contributed by atoms with Crippen molar-refractivity contribution in [3.05, 3.63) is 48.6 Å². The molecule has 0 aromatic carbocycles. The number of hydrogen-bond donors (Lipinski definition) is 4. The molecule has 1 saturated heterocycles. The fraction of sp³-hybridized carbons (Fsp3) is 0.800. The van der Waals surface area contributed by atoms with Gasteiger partial charge in [0.15, 0.2) is 12.4 Å². The molecule has 13 heteroatoms. The van der Waals surface area contributed by atoms with E-state index in [4.69, 9.17) is 18.9 Å². The van der Waals surface area contributed by atoms with Crippen LogP contribution in [0.25, 0.3) is 0 Å². The standard InChI is InChI=1S/C50H88O12S/c1-3-5-7-9-11-13-15-17-18-19-20-21-22-23-24-25-26-27-29-31-33-35-37-39-46(52)61-43(41-60-50-49(55)48(54)47(53)44(62-50)42-63(56,57)58)40-59-45(51)38-36-34-32-30-28-16-14-12-10-8-6-4-2/h5,7,11,13,17-18,20-21,43-44,47-50,53-55H,3-4,6,8-10,12,14-16,19,22-42H2,1-2H3,(H,56,57,58)/b7-5-,13-11-,18-17-,21-20-. The van der Waals surface area contributed by atoms with Crippen molar-refractivity contribution < 1.29 is 56.8 Å². The maximum Gasteiger partial charge on any atom is 0.306 e. The van der Waals surface area contributed by atoms with E-state index in [1.54, 1.807) is 0 Å². The van der Waals surface area contributed by atoms with Gasteiger partial charge in [-0.2, -0.15) is 8.42 Å². The first-order valence-corrected chi connectivity index (χ1v) is 26.3. The molecule has 0 saturated carbocycles. The smallest absolute Gasteiger partial charge is 0.306 e. The lowest BCUT2D eigenvalue weighted by atomic mass is 10.00. The van der Waals surface area contributed by atoms with Crippen LogP contribution in [0.1, 0.15) is 200 Å². The summed E-state index contributed by atoms with van der Waals surface area (Å²) in [4.78, 5) is 25.5. The lowest BCUT2D eigenvalue weighted by Gasteiger charge is -2.40. The quantitative estimate of drug-likeness (QED) is 0.0197. The van der Waals surface area contributed by atoms with Gasteiger partial charge in [-0.25, -0.2) is 0 Å². The Balaban J connectivity index is 2.36. The van der Waals surface area contributed by atoms with Crippen LogP contribution in [0.3, 0.4) is 0 Å². The second-order valence-electron chi connectivity index (χ2n) is 17.1. The van der Waals surface area contributed by atoms with E-state index in [2.05, 4.69) is 62.5 Å². The molecule has 1 fully saturated rings. The Labute approximate surface area is 382 Å². The predicted octanol–water partition coefficient (Wildman–Crippen LogP) is 10.7. The Morgan fingerprint density at radius 1 is 0.556 bits per heavy atom. The summed E-state index contributed by atoms with van der Waals surface area (Å²) in [6, 6.07) is 0. The number of ether oxygens (including phenoxy) is 4. The molecule has 6 atom stereocenters. The summed E-state index contributed by atoms with van der Waals surface area (Å²) < 4.78 is 54.1. The van der Waals surface area contributed by atoms with E-state index in [-0.39, 0.29) is 19.4 Å². The number of hydrogen-bond acceptors (Lipinski definition) is 11. The number of aliphatic hydroxyl groups excluding tert-OH is 3. The van der Waals surface area contributed by atoms with Crippen LogP contribution in [0.2, 0.25) is 0 Å². The van der Waals surface area contributed by atoms with Crippen LogP contribution in [0.4, 0.5) is 0 Å². The number of rotatable bonds is 41. The van der Waals surface area contributed by atoms with Crippen molar-refractivity contribution in [2.75, 3.05) is 19.0 Å². The summed E-state index contributed by atoms with van der Waals surface area (Å²) in [6.45, 7) is 3.65. The molecule has 1 aliphatic rings. The van der Waals surface area contributed by atoms with Gasteiger partial charge in [0.05, 0.1) is 6.61 Å². The van der Waals surface area contributed by atoms with Gasteiger partial charge in [0.25, 0.3) is 10.1 Å². The molecule has 6 unspecified atom stereocenters. The third-order valence-electron chi connectivity index (χ3n) is 11.2. The summed E-state index contributed by atoms with van der Waals surface area (Å²) >= 11 is 0. The van der Waals surface area contributed by atoms with Crippen molar-refractivity contribution in [2.24, 2.45) is 0 Å². The average molecular weight is 913 g/mol. The monoisotopic (exact) mass is 913 g/mol. The fourth-order valence-electron chi connectivity index (χ4n) is 7.37. The van der Waals surface area contributed by atoms with E-state index in [1.165, 1.54) is 83.5 Å². The molecule has 366 valence electrons. The minimum absolute atomic E-state index is 0.159. The van der Waals surface area contributed by atoms with Crippen LogP contribution in [0.15, 0.2) is 48.6 Å². The molecule has 1 heterocycles.